The summed E-state index contributed by atoms with van der Waals surface area (Å²) < 4.78 is 7.21. The summed E-state index contributed by atoms with van der Waals surface area (Å²) >= 11 is 1.89. The molecule has 2 heterocycles. The van der Waals surface area contributed by atoms with Crippen molar-refractivity contribution >= 4 is 27.0 Å². The molecule has 0 N–H and O–H groups in total. The number of thiophene rings is 1. The Morgan fingerprint density at radius 3 is 2.87 bits per heavy atom. The molecule has 2 nitrogen and oxygen atoms in total. The van der Waals surface area contributed by atoms with E-state index in [1.807, 2.05) is 11.3 Å². The van der Waals surface area contributed by atoms with Crippen LogP contribution in [0.3, 0.4) is 0 Å². The normalized spacial score (nSPS) is 15.8. The lowest BCUT2D eigenvalue weighted by Crippen LogP contribution is -2.29. The molecule has 0 saturated carbocycles. The highest BCUT2D eigenvalue weighted by atomic mass is 32.1. The smallest absolute Gasteiger partial charge is 0.137 e. The van der Waals surface area contributed by atoms with Crippen LogP contribution in [-0.4, -0.2) is 31.1 Å². The van der Waals surface area contributed by atoms with Crippen LogP contribution in [-0.2, 0) is 0 Å². The van der Waals surface area contributed by atoms with Crippen molar-refractivity contribution in [3.05, 3.63) is 35.2 Å². The van der Waals surface area contributed by atoms with Gasteiger partial charge in [0.2, 0.25) is 0 Å². The van der Waals surface area contributed by atoms with Gasteiger partial charge in [-0.2, -0.15) is 0 Å². The molecule has 0 saturated heterocycles. The first kappa shape index (κ1) is 16.5. The molecule has 0 aliphatic carbocycles. The fourth-order valence-corrected chi connectivity index (χ4v) is 4.23. The number of nitrogens with zero attached hydrogens (tertiary/aromatic N) is 1. The number of benzene rings is 1. The van der Waals surface area contributed by atoms with Gasteiger partial charge in [0, 0.05) is 18.0 Å². The fraction of sp³-hybridized carbons (Fsp3) is 0.500. The van der Waals surface area contributed by atoms with Crippen molar-refractivity contribution in [3.8, 4) is 5.75 Å². The van der Waals surface area contributed by atoms with Crippen LogP contribution in [0.5, 0.6) is 5.75 Å². The lowest BCUT2D eigenvalue weighted by Gasteiger charge is -2.25. The molecule has 1 aromatic heterocycles. The second-order valence-corrected chi connectivity index (χ2v) is 7.32. The van der Waals surface area contributed by atoms with Crippen molar-refractivity contribution < 1.29 is 4.74 Å². The van der Waals surface area contributed by atoms with E-state index in [2.05, 4.69) is 49.1 Å². The molecule has 1 aliphatic rings. The van der Waals surface area contributed by atoms with Crippen LogP contribution in [0.25, 0.3) is 15.7 Å². The lowest BCUT2D eigenvalue weighted by atomic mass is 10.1. The summed E-state index contributed by atoms with van der Waals surface area (Å²) in [5, 5.41) is 1.31. The molecule has 124 valence electrons. The number of rotatable bonds is 7. The van der Waals surface area contributed by atoms with Crippen molar-refractivity contribution in [3.63, 3.8) is 0 Å². The average molecular weight is 330 g/mol. The van der Waals surface area contributed by atoms with Crippen LogP contribution in [0.15, 0.2) is 30.3 Å². The third-order valence-corrected chi connectivity index (χ3v) is 5.65. The van der Waals surface area contributed by atoms with Gasteiger partial charge in [-0.05, 0) is 48.9 Å². The maximum absolute atomic E-state index is 5.91. The van der Waals surface area contributed by atoms with E-state index in [0.717, 1.165) is 25.3 Å². The van der Waals surface area contributed by atoms with Gasteiger partial charge in [0.15, 0.2) is 0 Å². The Morgan fingerprint density at radius 1 is 1.22 bits per heavy atom. The van der Waals surface area contributed by atoms with E-state index < -0.39 is 0 Å². The van der Waals surface area contributed by atoms with Gasteiger partial charge >= 0.3 is 0 Å². The van der Waals surface area contributed by atoms with Crippen molar-refractivity contribution in [1.82, 2.24) is 4.90 Å². The Balaban J connectivity index is 1.77. The van der Waals surface area contributed by atoms with Gasteiger partial charge in [-0.1, -0.05) is 38.5 Å². The molecule has 0 bridgehead atoms. The average Bonchev–Trinajstić information content (AvgIpc) is 3.03. The summed E-state index contributed by atoms with van der Waals surface area (Å²) in [5.41, 5.74) is 1.51. The van der Waals surface area contributed by atoms with E-state index >= 15 is 0 Å². The second-order valence-electron chi connectivity index (χ2n) is 6.27. The Morgan fingerprint density at radius 2 is 2.13 bits per heavy atom. The summed E-state index contributed by atoms with van der Waals surface area (Å²) in [7, 11) is 0. The molecular formula is C20H27NOS. The van der Waals surface area contributed by atoms with Gasteiger partial charge < -0.3 is 4.74 Å². The number of ether oxygens (including phenoxy) is 1. The van der Waals surface area contributed by atoms with E-state index in [0.29, 0.717) is 0 Å². The number of hydrogen-bond donors (Lipinski definition) is 0. The summed E-state index contributed by atoms with van der Waals surface area (Å²) in [6.07, 6.45) is 7.24. The minimum atomic E-state index is 0.793. The Hall–Kier alpha value is -1.32. The molecule has 2 aromatic rings. The SMILES string of the molecule is CCCCN1CC=C(c2cc3cccc(OCCC)c3s2)CC1. The van der Waals surface area contributed by atoms with Gasteiger partial charge in [0.1, 0.15) is 5.75 Å². The van der Waals surface area contributed by atoms with Crippen LogP contribution < -0.4 is 4.74 Å². The van der Waals surface area contributed by atoms with E-state index in [4.69, 9.17) is 4.74 Å². The van der Waals surface area contributed by atoms with Gasteiger partial charge in [0.05, 0.1) is 11.3 Å². The summed E-state index contributed by atoms with van der Waals surface area (Å²) in [4.78, 5) is 3.98. The van der Waals surface area contributed by atoms with Crippen LogP contribution in [0, 0.1) is 0 Å². The highest BCUT2D eigenvalue weighted by Gasteiger charge is 2.15. The first-order valence-electron chi connectivity index (χ1n) is 8.89. The van der Waals surface area contributed by atoms with E-state index in [9.17, 15) is 0 Å². The predicted octanol–water partition coefficient (Wildman–Crippen LogP) is 5.58. The highest BCUT2D eigenvalue weighted by molar-refractivity contribution is 7.20. The molecule has 0 spiro atoms. The largest absolute Gasteiger partial charge is 0.492 e. The van der Waals surface area contributed by atoms with Gasteiger partial charge in [-0.15, -0.1) is 11.3 Å². The van der Waals surface area contributed by atoms with E-state index in [1.54, 1.807) is 0 Å². The molecule has 23 heavy (non-hydrogen) atoms. The van der Waals surface area contributed by atoms with Crippen molar-refractivity contribution in [1.29, 1.82) is 0 Å². The molecule has 1 aliphatic heterocycles. The van der Waals surface area contributed by atoms with Crippen LogP contribution in [0.2, 0.25) is 0 Å². The first-order valence-corrected chi connectivity index (χ1v) is 9.70. The van der Waals surface area contributed by atoms with E-state index in [1.165, 1.54) is 52.9 Å². The maximum atomic E-state index is 5.91. The second kappa shape index (κ2) is 7.98. The topological polar surface area (TPSA) is 12.5 Å². The van der Waals surface area contributed by atoms with Crippen molar-refractivity contribution in [2.24, 2.45) is 0 Å². The third kappa shape index (κ3) is 3.96. The zero-order valence-electron chi connectivity index (χ0n) is 14.3. The molecule has 0 amide bonds. The van der Waals surface area contributed by atoms with Gasteiger partial charge in [-0.3, -0.25) is 4.90 Å². The third-order valence-electron chi connectivity index (χ3n) is 4.41. The Kier molecular flexibility index (Phi) is 5.74. The summed E-state index contributed by atoms with van der Waals surface area (Å²) in [6.45, 7) is 8.74. The number of hydrogen-bond acceptors (Lipinski definition) is 3. The number of unbranched alkanes of at least 4 members (excludes halogenated alkanes) is 1. The Labute approximate surface area is 143 Å². The Bertz CT molecular complexity index is 673. The minimum Gasteiger partial charge on any atom is -0.492 e. The molecule has 1 aromatic carbocycles. The minimum absolute atomic E-state index is 0.793. The summed E-state index contributed by atoms with van der Waals surface area (Å²) in [5.74, 6) is 1.04. The zero-order chi connectivity index (χ0) is 16.1. The van der Waals surface area contributed by atoms with Gasteiger partial charge in [0.25, 0.3) is 0 Å². The first-order chi connectivity index (χ1) is 11.3. The maximum Gasteiger partial charge on any atom is 0.137 e. The number of fused-ring (bicyclic) bond motifs is 1. The van der Waals surface area contributed by atoms with E-state index in [-0.39, 0.29) is 0 Å². The molecular weight excluding hydrogens is 302 g/mol. The quantitative estimate of drug-likeness (QED) is 0.657. The predicted molar refractivity (Wildman–Crippen MR) is 102 cm³/mol. The zero-order valence-corrected chi connectivity index (χ0v) is 15.1. The fourth-order valence-electron chi connectivity index (χ4n) is 3.04. The van der Waals surface area contributed by atoms with Gasteiger partial charge in [-0.25, -0.2) is 0 Å². The molecule has 3 rings (SSSR count). The highest BCUT2D eigenvalue weighted by Crippen LogP contribution is 2.38. The monoisotopic (exact) mass is 329 g/mol. The molecule has 0 radical (unpaired) electrons. The molecule has 0 fully saturated rings. The molecule has 0 unspecified atom stereocenters. The van der Waals surface area contributed by atoms with Crippen molar-refractivity contribution in [2.75, 3.05) is 26.2 Å². The molecule has 0 atom stereocenters. The lowest BCUT2D eigenvalue weighted by molar-refractivity contribution is 0.297. The molecule has 3 heteroatoms. The van der Waals surface area contributed by atoms with Crippen molar-refractivity contribution in [2.45, 2.75) is 39.5 Å². The summed E-state index contributed by atoms with van der Waals surface area (Å²) in [6, 6.07) is 8.74. The van der Waals surface area contributed by atoms with Crippen LogP contribution >= 0.6 is 11.3 Å². The standard InChI is InChI=1S/C20H27NOS/c1-3-5-11-21-12-9-16(10-13-21)19-15-17-7-6-8-18(20(17)23-19)22-14-4-2/h6-9,15H,3-5,10-14H2,1-2H3. The van der Waals surface area contributed by atoms with Crippen LogP contribution in [0.1, 0.15) is 44.4 Å². The van der Waals surface area contributed by atoms with Crippen LogP contribution in [0.4, 0.5) is 0 Å².